The van der Waals surface area contributed by atoms with Crippen molar-refractivity contribution >= 4 is 29.2 Å². The fourth-order valence-electron chi connectivity index (χ4n) is 1.13. The van der Waals surface area contributed by atoms with Gasteiger partial charge in [-0.3, -0.25) is 0 Å². The van der Waals surface area contributed by atoms with Gasteiger partial charge >= 0.3 is 51.4 Å². The van der Waals surface area contributed by atoms with Crippen molar-refractivity contribution in [3.8, 4) is 0 Å². The quantitative estimate of drug-likeness (QED) is 0.303. The average Bonchev–Trinajstić information content (AvgIpc) is 1.88. The van der Waals surface area contributed by atoms with Gasteiger partial charge in [0.05, 0.1) is 0 Å². The Hall–Kier alpha value is 1.71. The summed E-state index contributed by atoms with van der Waals surface area (Å²) >= 11 is 9.48. The molecule has 0 atom stereocenters. The minimum Gasteiger partial charge on any atom is -0.410 e. The molecule has 0 aromatic rings. The van der Waals surface area contributed by atoms with Gasteiger partial charge in [-0.2, -0.15) is 0 Å². The van der Waals surface area contributed by atoms with Gasteiger partial charge in [-0.15, -0.1) is 0 Å². The van der Waals surface area contributed by atoms with Gasteiger partial charge in [0.1, 0.15) is 0 Å². The first-order valence-electron chi connectivity index (χ1n) is 3.51. The van der Waals surface area contributed by atoms with Gasteiger partial charge in [0.15, 0.2) is 0 Å². The zero-order valence-electron chi connectivity index (χ0n) is 6.80. The predicted molar refractivity (Wildman–Crippen MR) is 48.5 cm³/mol. The molecule has 1 heterocycles. The van der Waals surface area contributed by atoms with Crippen LogP contribution >= 0.6 is 12.2 Å². The van der Waals surface area contributed by atoms with E-state index in [1.54, 1.807) is 0 Å². The molecule has 1 rings (SSSR count). The number of nitrogens with one attached hydrogen (secondary N) is 1. The summed E-state index contributed by atoms with van der Waals surface area (Å²) < 4.78 is 0.460. The summed E-state index contributed by atoms with van der Waals surface area (Å²) in [7, 11) is 0. The average molecular weight is 214 g/mol. The molecular formula is C6H11KN2S2. The topological polar surface area (TPSA) is 15.3 Å². The molecule has 1 fully saturated rings. The summed E-state index contributed by atoms with van der Waals surface area (Å²) in [6.07, 6.45) is 3.85. The van der Waals surface area contributed by atoms with Crippen LogP contribution in [0, 0.1) is 0 Å². The molecule has 5 heteroatoms. The first-order chi connectivity index (χ1) is 4.79. The fraction of sp³-hybridized carbons (Fsp3) is 0.833. The van der Waals surface area contributed by atoms with Crippen LogP contribution in [0.5, 0.6) is 0 Å². The molecule has 1 aliphatic heterocycles. The fourth-order valence-corrected chi connectivity index (χ4v) is 1.39. The Kier molecular flexibility index (Phi) is 8.25. The van der Waals surface area contributed by atoms with Crippen LogP contribution in [0.4, 0.5) is 0 Å². The van der Waals surface area contributed by atoms with Gasteiger partial charge in [-0.1, -0.05) is 6.42 Å². The van der Waals surface area contributed by atoms with Crippen LogP contribution in [0.3, 0.4) is 0 Å². The maximum absolute atomic E-state index is 4.74. The molecule has 0 aromatic carbocycles. The second kappa shape index (κ2) is 7.14. The van der Waals surface area contributed by atoms with Crippen molar-refractivity contribution in [2.45, 2.75) is 19.3 Å². The number of hydrogen-bond acceptors (Lipinski definition) is 3. The number of rotatable bonds is 1. The number of piperidine rings is 1. The SMILES string of the molecule is S=C([S-])NN1CCCCC1.[K+]. The molecule has 0 bridgehead atoms. The van der Waals surface area contributed by atoms with Crippen LogP contribution in [0.1, 0.15) is 19.3 Å². The second-order valence-corrected chi connectivity index (χ2v) is 3.52. The first kappa shape index (κ1) is 12.7. The van der Waals surface area contributed by atoms with E-state index in [0.29, 0.717) is 4.32 Å². The van der Waals surface area contributed by atoms with Crippen LogP contribution < -0.4 is 56.8 Å². The molecule has 0 amide bonds. The van der Waals surface area contributed by atoms with Crippen molar-refractivity contribution in [2.24, 2.45) is 0 Å². The molecule has 0 spiro atoms. The minimum absolute atomic E-state index is 0. The maximum atomic E-state index is 4.74. The third-order valence-electron chi connectivity index (χ3n) is 1.61. The summed E-state index contributed by atoms with van der Waals surface area (Å²) in [6.45, 7) is 2.16. The van der Waals surface area contributed by atoms with Gasteiger partial charge in [0.25, 0.3) is 0 Å². The molecule has 0 aliphatic carbocycles. The molecule has 1 saturated heterocycles. The molecule has 0 aromatic heterocycles. The van der Waals surface area contributed by atoms with E-state index >= 15 is 0 Å². The van der Waals surface area contributed by atoms with Crippen molar-refractivity contribution in [1.82, 2.24) is 10.4 Å². The van der Waals surface area contributed by atoms with Crippen molar-refractivity contribution in [3.05, 3.63) is 0 Å². The predicted octanol–water partition coefficient (Wildman–Crippen LogP) is -2.19. The summed E-state index contributed by atoms with van der Waals surface area (Å²) in [5, 5.41) is 2.10. The van der Waals surface area contributed by atoms with Gasteiger partial charge < -0.3 is 30.3 Å². The third kappa shape index (κ3) is 5.87. The van der Waals surface area contributed by atoms with E-state index in [1.165, 1.54) is 19.3 Å². The Balaban J connectivity index is 0.000001000. The molecule has 1 aliphatic rings. The molecule has 1 N–H and O–H groups in total. The Morgan fingerprint density at radius 3 is 2.27 bits per heavy atom. The smallest absolute Gasteiger partial charge is 0.410 e. The summed E-state index contributed by atoms with van der Waals surface area (Å²) in [5.41, 5.74) is 2.96. The van der Waals surface area contributed by atoms with E-state index in [-0.39, 0.29) is 51.4 Å². The van der Waals surface area contributed by atoms with Crippen LogP contribution in [-0.2, 0) is 12.6 Å². The van der Waals surface area contributed by atoms with Crippen LogP contribution in [0.25, 0.3) is 0 Å². The second-order valence-electron chi connectivity index (χ2n) is 2.45. The normalized spacial score (nSPS) is 18.5. The number of nitrogens with zero attached hydrogens (tertiary/aromatic N) is 1. The van der Waals surface area contributed by atoms with E-state index in [9.17, 15) is 0 Å². The van der Waals surface area contributed by atoms with Gasteiger partial charge in [-0.05, 0) is 17.2 Å². The largest absolute Gasteiger partial charge is 1.00 e. The van der Waals surface area contributed by atoms with Crippen molar-refractivity contribution < 1.29 is 51.4 Å². The Bertz CT molecular complexity index is 126. The number of hydrazine groups is 1. The van der Waals surface area contributed by atoms with Crippen LogP contribution in [-0.4, -0.2) is 22.4 Å². The summed E-state index contributed by atoms with van der Waals surface area (Å²) in [4.78, 5) is 0. The maximum Gasteiger partial charge on any atom is 1.00 e. The number of thiocarbonyl (C=S) groups is 1. The molecule has 0 unspecified atom stereocenters. The monoisotopic (exact) mass is 214 g/mol. The van der Waals surface area contributed by atoms with Gasteiger partial charge in [0, 0.05) is 13.1 Å². The van der Waals surface area contributed by atoms with Crippen LogP contribution in [0.15, 0.2) is 0 Å². The van der Waals surface area contributed by atoms with E-state index < -0.39 is 0 Å². The van der Waals surface area contributed by atoms with E-state index in [1.807, 2.05) is 0 Å². The molecule has 58 valence electrons. The van der Waals surface area contributed by atoms with E-state index in [2.05, 4.69) is 10.4 Å². The molecule has 11 heavy (non-hydrogen) atoms. The standard InChI is InChI=1S/C6H12N2S2.K/c9-6(10)7-8-4-2-1-3-5-8;/h1-5H2,(H2,7,9,10);/q;+1/p-1. The zero-order valence-corrected chi connectivity index (χ0v) is 11.6. The first-order valence-corrected chi connectivity index (χ1v) is 4.33. The van der Waals surface area contributed by atoms with Crippen molar-refractivity contribution in [1.29, 1.82) is 0 Å². The Morgan fingerprint density at radius 1 is 1.27 bits per heavy atom. The number of hydrogen-bond donors (Lipinski definition) is 1. The van der Waals surface area contributed by atoms with Crippen molar-refractivity contribution in [2.75, 3.05) is 13.1 Å². The van der Waals surface area contributed by atoms with Gasteiger partial charge in [-0.25, -0.2) is 5.01 Å². The minimum atomic E-state index is 0. The molecule has 0 radical (unpaired) electrons. The van der Waals surface area contributed by atoms with E-state index in [0.717, 1.165) is 13.1 Å². The summed E-state index contributed by atoms with van der Waals surface area (Å²) in [6, 6.07) is 0. The van der Waals surface area contributed by atoms with Crippen molar-refractivity contribution in [3.63, 3.8) is 0 Å². The Morgan fingerprint density at radius 2 is 1.82 bits per heavy atom. The third-order valence-corrected chi connectivity index (χ3v) is 1.79. The molecule has 0 saturated carbocycles. The zero-order chi connectivity index (χ0) is 7.40. The molecular weight excluding hydrogens is 203 g/mol. The van der Waals surface area contributed by atoms with Gasteiger partial charge in [0.2, 0.25) is 0 Å². The van der Waals surface area contributed by atoms with E-state index in [4.69, 9.17) is 24.8 Å². The summed E-state index contributed by atoms with van der Waals surface area (Å²) in [5.74, 6) is 0. The molecule has 2 nitrogen and oxygen atoms in total. The Labute approximate surface area is 121 Å². The van der Waals surface area contributed by atoms with Crippen LogP contribution in [0.2, 0.25) is 0 Å².